The van der Waals surface area contributed by atoms with E-state index in [4.69, 9.17) is 12.2 Å². The summed E-state index contributed by atoms with van der Waals surface area (Å²) >= 11 is 0. The summed E-state index contributed by atoms with van der Waals surface area (Å²) < 4.78 is 1.70. The predicted molar refractivity (Wildman–Crippen MR) is 92.4 cm³/mol. The number of nitrogens with zero attached hydrogens (tertiary/aromatic N) is 5. The van der Waals surface area contributed by atoms with Crippen LogP contribution in [0.4, 0.5) is 10.6 Å². The summed E-state index contributed by atoms with van der Waals surface area (Å²) in [7, 11) is 0. The number of anilines is 1. The lowest BCUT2D eigenvalue weighted by Gasteiger charge is -2.32. The molecule has 3 N–H and O–H groups in total. The van der Waals surface area contributed by atoms with Gasteiger partial charge in [0.25, 0.3) is 0 Å². The van der Waals surface area contributed by atoms with E-state index in [-0.39, 0.29) is 17.7 Å². The molecule has 8 nitrogen and oxygen atoms in total. The van der Waals surface area contributed by atoms with E-state index in [0.29, 0.717) is 30.7 Å². The van der Waals surface area contributed by atoms with Gasteiger partial charge in [0, 0.05) is 19.0 Å². The second-order valence-corrected chi connectivity index (χ2v) is 5.81. The van der Waals surface area contributed by atoms with Crippen LogP contribution in [-0.4, -0.2) is 48.2 Å². The van der Waals surface area contributed by atoms with Gasteiger partial charge in [-0.2, -0.15) is 0 Å². The van der Waals surface area contributed by atoms with Crippen LogP contribution in [0.15, 0.2) is 6.33 Å². The van der Waals surface area contributed by atoms with Crippen LogP contribution in [-0.2, 0) is 6.54 Å². The zero-order chi connectivity index (χ0) is 17.8. The van der Waals surface area contributed by atoms with Crippen LogP contribution in [0.25, 0.3) is 11.2 Å². The second-order valence-electron chi connectivity index (χ2n) is 5.81. The topological polar surface area (TPSA) is 110 Å². The summed E-state index contributed by atoms with van der Waals surface area (Å²) in [5, 5.41) is 9.25. The number of carboxylic acid groups (broad SMARTS) is 1. The summed E-state index contributed by atoms with van der Waals surface area (Å²) in [6.45, 7) is 0.887. The molecule has 3 heterocycles. The van der Waals surface area contributed by atoms with Crippen molar-refractivity contribution < 1.29 is 9.90 Å². The molecule has 2 aromatic rings. The number of aromatic nitrogens is 4. The number of nitrogens with two attached hydrogens (primary N) is 1. The summed E-state index contributed by atoms with van der Waals surface area (Å²) in [6, 6.07) is -0.0909. The van der Waals surface area contributed by atoms with E-state index in [1.165, 1.54) is 4.90 Å². The minimum absolute atomic E-state index is 0.0909. The molecule has 128 valence electrons. The van der Waals surface area contributed by atoms with Gasteiger partial charge in [-0.3, -0.25) is 0 Å². The SMILES string of the molecule is C#CCn1cnc2c(N)nc(C#CCC3CCCCN3C(=O)O)nc21. The van der Waals surface area contributed by atoms with Crippen LogP contribution in [0.5, 0.6) is 0 Å². The van der Waals surface area contributed by atoms with Crippen molar-refractivity contribution in [1.82, 2.24) is 24.4 Å². The summed E-state index contributed by atoms with van der Waals surface area (Å²) in [5.74, 6) is 8.92. The molecule has 0 aliphatic carbocycles. The van der Waals surface area contributed by atoms with Crippen molar-refractivity contribution in [3.63, 3.8) is 0 Å². The van der Waals surface area contributed by atoms with Gasteiger partial charge in [-0.1, -0.05) is 11.8 Å². The number of likely N-dealkylation sites (tertiary alicyclic amines) is 1. The van der Waals surface area contributed by atoms with E-state index in [1.54, 1.807) is 10.9 Å². The average Bonchev–Trinajstić information content (AvgIpc) is 2.99. The molecule has 0 bridgehead atoms. The lowest BCUT2D eigenvalue weighted by molar-refractivity contribution is 0.108. The van der Waals surface area contributed by atoms with E-state index in [2.05, 4.69) is 32.7 Å². The van der Waals surface area contributed by atoms with Crippen LogP contribution in [0.1, 0.15) is 31.5 Å². The molecule has 1 aliphatic rings. The first-order valence-electron chi connectivity index (χ1n) is 8.00. The molecule has 0 radical (unpaired) electrons. The first kappa shape index (κ1) is 16.6. The number of rotatable bonds is 2. The third-order valence-electron chi connectivity index (χ3n) is 4.16. The molecule has 1 fully saturated rings. The standard InChI is InChI=1S/C17H18N6O2/c1-2-9-22-11-19-14-15(18)20-13(21-16(14)22)8-5-7-12-6-3-4-10-23(12)17(24)25/h1,11-12H,3-4,6-7,9-10H2,(H,24,25)(H2,18,20,21). The molecule has 8 heteroatoms. The maximum atomic E-state index is 11.3. The molecule has 0 saturated carbocycles. The quantitative estimate of drug-likeness (QED) is 0.799. The fourth-order valence-corrected chi connectivity index (χ4v) is 2.95. The van der Waals surface area contributed by atoms with Crippen molar-refractivity contribution in [1.29, 1.82) is 0 Å². The molecule has 0 spiro atoms. The second kappa shape index (κ2) is 7.10. The Bertz CT molecular complexity index is 901. The molecule has 1 atom stereocenters. The fourth-order valence-electron chi connectivity index (χ4n) is 2.95. The van der Waals surface area contributed by atoms with Gasteiger partial charge in [-0.25, -0.2) is 19.7 Å². The zero-order valence-corrected chi connectivity index (χ0v) is 13.6. The predicted octanol–water partition coefficient (Wildman–Crippen LogP) is 1.32. The third kappa shape index (κ3) is 3.48. The van der Waals surface area contributed by atoms with E-state index in [1.807, 2.05) is 0 Å². The number of amides is 1. The average molecular weight is 338 g/mol. The maximum absolute atomic E-state index is 11.3. The summed E-state index contributed by atoms with van der Waals surface area (Å²) in [6.07, 6.45) is 9.17. The molecule has 0 aromatic carbocycles. The molecular weight excluding hydrogens is 320 g/mol. The van der Waals surface area contributed by atoms with E-state index >= 15 is 0 Å². The third-order valence-corrected chi connectivity index (χ3v) is 4.16. The number of hydrogen-bond donors (Lipinski definition) is 2. The van der Waals surface area contributed by atoms with Crippen LogP contribution >= 0.6 is 0 Å². The van der Waals surface area contributed by atoms with Gasteiger partial charge in [0.1, 0.15) is 5.52 Å². The van der Waals surface area contributed by atoms with Crippen LogP contribution < -0.4 is 5.73 Å². The Hall–Kier alpha value is -3.26. The smallest absolute Gasteiger partial charge is 0.407 e. The fraction of sp³-hybridized carbons (Fsp3) is 0.412. The lowest BCUT2D eigenvalue weighted by atomic mass is 10.0. The Labute approximate surface area is 145 Å². The Morgan fingerprint density at radius 3 is 3.04 bits per heavy atom. The van der Waals surface area contributed by atoms with Gasteiger partial charge in [0.15, 0.2) is 11.5 Å². The van der Waals surface area contributed by atoms with E-state index in [9.17, 15) is 9.90 Å². The van der Waals surface area contributed by atoms with Crippen LogP contribution in [0.2, 0.25) is 0 Å². The molecule has 25 heavy (non-hydrogen) atoms. The number of fused-ring (bicyclic) bond motifs is 1. The van der Waals surface area contributed by atoms with Gasteiger partial charge in [0.2, 0.25) is 5.82 Å². The van der Waals surface area contributed by atoms with Gasteiger partial charge < -0.3 is 20.3 Å². The van der Waals surface area contributed by atoms with Gasteiger partial charge in [0.05, 0.1) is 12.9 Å². The normalized spacial score (nSPS) is 16.9. The minimum Gasteiger partial charge on any atom is -0.465 e. The Balaban J connectivity index is 1.81. The molecule has 1 amide bonds. The maximum Gasteiger partial charge on any atom is 0.407 e. The van der Waals surface area contributed by atoms with Gasteiger partial charge >= 0.3 is 6.09 Å². The van der Waals surface area contributed by atoms with Crippen LogP contribution in [0, 0.1) is 24.2 Å². The molecule has 1 unspecified atom stereocenters. The number of hydrogen-bond acceptors (Lipinski definition) is 5. The van der Waals surface area contributed by atoms with Crippen molar-refractivity contribution >= 4 is 23.1 Å². The largest absolute Gasteiger partial charge is 0.465 e. The highest BCUT2D eigenvalue weighted by Crippen LogP contribution is 2.19. The first-order valence-corrected chi connectivity index (χ1v) is 8.00. The molecule has 1 saturated heterocycles. The van der Waals surface area contributed by atoms with Crippen molar-refractivity contribution in [2.75, 3.05) is 12.3 Å². The molecular formula is C17H18N6O2. The number of imidazole rings is 1. The highest BCUT2D eigenvalue weighted by atomic mass is 16.4. The zero-order valence-electron chi connectivity index (χ0n) is 13.6. The molecule has 1 aliphatic heterocycles. The first-order chi connectivity index (χ1) is 12.1. The Morgan fingerprint density at radius 1 is 1.44 bits per heavy atom. The van der Waals surface area contributed by atoms with E-state index in [0.717, 1.165) is 19.3 Å². The highest BCUT2D eigenvalue weighted by molar-refractivity contribution is 5.82. The van der Waals surface area contributed by atoms with Crippen LogP contribution in [0.3, 0.4) is 0 Å². The van der Waals surface area contributed by atoms with Crippen molar-refractivity contribution in [3.8, 4) is 24.2 Å². The highest BCUT2D eigenvalue weighted by Gasteiger charge is 2.25. The number of terminal acetylenes is 1. The Morgan fingerprint density at radius 2 is 2.28 bits per heavy atom. The van der Waals surface area contributed by atoms with Crippen molar-refractivity contribution in [2.24, 2.45) is 0 Å². The minimum atomic E-state index is -0.897. The molecule has 3 rings (SSSR count). The number of piperidine rings is 1. The lowest BCUT2D eigenvalue weighted by Crippen LogP contribution is -2.42. The monoisotopic (exact) mass is 338 g/mol. The van der Waals surface area contributed by atoms with Gasteiger partial charge in [-0.05, 0) is 25.2 Å². The van der Waals surface area contributed by atoms with Crippen molar-refractivity contribution in [3.05, 3.63) is 12.2 Å². The summed E-state index contributed by atoms with van der Waals surface area (Å²) in [5.41, 5.74) is 6.94. The number of carbonyl (C=O) groups is 1. The Kier molecular flexibility index (Phi) is 4.71. The van der Waals surface area contributed by atoms with E-state index < -0.39 is 6.09 Å². The number of nitrogen functional groups attached to an aromatic ring is 1. The van der Waals surface area contributed by atoms with Crippen molar-refractivity contribution in [2.45, 2.75) is 38.3 Å². The summed E-state index contributed by atoms with van der Waals surface area (Å²) in [4.78, 5) is 25.4. The molecule has 2 aromatic heterocycles. The van der Waals surface area contributed by atoms with Gasteiger partial charge in [-0.15, -0.1) is 6.42 Å².